The van der Waals surface area contributed by atoms with Gasteiger partial charge >= 0.3 is 0 Å². The van der Waals surface area contributed by atoms with Gasteiger partial charge in [0.2, 0.25) is 10.0 Å². The molecule has 0 unspecified atom stereocenters. The Balaban J connectivity index is 2.28. The smallest absolute Gasteiger partial charge is 0.293 e. The van der Waals surface area contributed by atoms with Gasteiger partial charge in [-0.3, -0.25) is 10.1 Å². The first-order chi connectivity index (χ1) is 10.8. The molecule has 0 bridgehead atoms. The average Bonchev–Trinajstić information content (AvgIpc) is 2.54. The Hall–Kier alpha value is -1.97. The fourth-order valence-electron chi connectivity index (χ4n) is 1.90. The highest BCUT2D eigenvalue weighted by atomic mass is 79.9. The third-order valence-electron chi connectivity index (χ3n) is 3.14. The maximum absolute atomic E-state index is 11.7. The van der Waals surface area contributed by atoms with Crippen LogP contribution in [0.1, 0.15) is 5.56 Å². The number of rotatable bonds is 6. The molecule has 0 spiro atoms. The van der Waals surface area contributed by atoms with Crippen molar-refractivity contribution in [1.29, 1.82) is 0 Å². The van der Waals surface area contributed by atoms with Crippen LogP contribution < -0.4 is 10.0 Å². The number of nitrogens with one attached hydrogen (secondary N) is 2. The molecule has 0 fully saturated rings. The minimum absolute atomic E-state index is 0.152. The molecular formula is C14H14BrN3O4S. The van der Waals surface area contributed by atoms with Gasteiger partial charge in [-0.25, -0.2) is 13.1 Å². The van der Waals surface area contributed by atoms with Crippen molar-refractivity contribution in [2.45, 2.75) is 11.4 Å². The van der Waals surface area contributed by atoms with Crippen molar-refractivity contribution in [2.24, 2.45) is 0 Å². The Morgan fingerprint density at radius 1 is 1.17 bits per heavy atom. The molecule has 0 saturated heterocycles. The lowest BCUT2D eigenvalue weighted by molar-refractivity contribution is -0.384. The molecule has 9 heteroatoms. The van der Waals surface area contributed by atoms with Crippen LogP contribution in [0.3, 0.4) is 0 Å². The number of benzene rings is 2. The van der Waals surface area contributed by atoms with E-state index in [1.807, 2.05) is 24.3 Å². The number of nitro groups is 1. The summed E-state index contributed by atoms with van der Waals surface area (Å²) in [5.74, 6) is 0. The van der Waals surface area contributed by atoms with Gasteiger partial charge in [-0.1, -0.05) is 28.1 Å². The summed E-state index contributed by atoms with van der Waals surface area (Å²) >= 11 is 3.33. The summed E-state index contributed by atoms with van der Waals surface area (Å²) in [7, 11) is -2.48. The molecule has 0 atom stereocenters. The van der Waals surface area contributed by atoms with E-state index >= 15 is 0 Å². The normalized spacial score (nSPS) is 11.2. The van der Waals surface area contributed by atoms with E-state index in [-0.39, 0.29) is 16.3 Å². The van der Waals surface area contributed by atoms with E-state index in [0.29, 0.717) is 6.54 Å². The quantitative estimate of drug-likeness (QED) is 0.574. The first kappa shape index (κ1) is 17.4. The van der Waals surface area contributed by atoms with E-state index in [9.17, 15) is 18.5 Å². The van der Waals surface area contributed by atoms with Crippen LogP contribution in [0.5, 0.6) is 0 Å². The highest BCUT2D eigenvalue weighted by Crippen LogP contribution is 2.28. The van der Waals surface area contributed by atoms with Gasteiger partial charge < -0.3 is 5.32 Å². The zero-order valence-corrected chi connectivity index (χ0v) is 14.5. The van der Waals surface area contributed by atoms with E-state index in [4.69, 9.17) is 0 Å². The largest absolute Gasteiger partial charge is 0.375 e. The van der Waals surface area contributed by atoms with E-state index < -0.39 is 14.9 Å². The molecule has 0 aliphatic rings. The molecule has 0 radical (unpaired) electrons. The number of hydrogen-bond donors (Lipinski definition) is 2. The number of halogens is 1. The zero-order chi connectivity index (χ0) is 17.0. The third kappa shape index (κ3) is 4.27. The van der Waals surface area contributed by atoms with Gasteiger partial charge in [-0.05, 0) is 36.9 Å². The van der Waals surface area contributed by atoms with Gasteiger partial charge in [0, 0.05) is 17.1 Å². The molecule has 0 aromatic heterocycles. The van der Waals surface area contributed by atoms with Crippen molar-refractivity contribution < 1.29 is 13.3 Å². The summed E-state index contributed by atoms with van der Waals surface area (Å²) in [5, 5.41) is 14.1. The zero-order valence-electron chi connectivity index (χ0n) is 12.1. The minimum atomic E-state index is -3.73. The molecule has 7 nitrogen and oxygen atoms in total. The van der Waals surface area contributed by atoms with Crippen LogP contribution in [0.2, 0.25) is 0 Å². The summed E-state index contributed by atoms with van der Waals surface area (Å²) in [4.78, 5) is 10.4. The van der Waals surface area contributed by atoms with Crippen LogP contribution >= 0.6 is 15.9 Å². The maximum atomic E-state index is 11.7. The van der Waals surface area contributed by atoms with Crippen molar-refractivity contribution >= 4 is 37.3 Å². The minimum Gasteiger partial charge on any atom is -0.375 e. The first-order valence-electron chi connectivity index (χ1n) is 6.54. The second-order valence-electron chi connectivity index (χ2n) is 4.62. The first-order valence-corrected chi connectivity index (χ1v) is 8.81. The third-order valence-corrected chi connectivity index (χ3v) is 5.08. The number of nitrogens with zero attached hydrogens (tertiary/aromatic N) is 1. The number of anilines is 1. The Morgan fingerprint density at radius 3 is 2.39 bits per heavy atom. The molecule has 2 N–H and O–H groups in total. The van der Waals surface area contributed by atoms with E-state index in [2.05, 4.69) is 26.0 Å². The summed E-state index contributed by atoms with van der Waals surface area (Å²) in [6.45, 7) is 0.381. The molecule has 122 valence electrons. The lowest BCUT2D eigenvalue weighted by Gasteiger charge is -2.09. The molecule has 0 amide bonds. The topological polar surface area (TPSA) is 101 Å². The highest BCUT2D eigenvalue weighted by molar-refractivity contribution is 9.10. The molecule has 2 aromatic rings. The number of nitro benzene ring substituents is 1. The second-order valence-corrected chi connectivity index (χ2v) is 7.43. The number of sulfonamides is 1. The van der Waals surface area contributed by atoms with Gasteiger partial charge in [0.1, 0.15) is 5.69 Å². The van der Waals surface area contributed by atoms with Gasteiger partial charge in [-0.2, -0.15) is 0 Å². The lowest BCUT2D eigenvalue weighted by atomic mass is 10.2. The predicted molar refractivity (Wildman–Crippen MR) is 90.8 cm³/mol. The Labute approximate surface area is 142 Å². The second kappa shape index (κ2) is 7.07. The molecular weight excluding hydrogens is 386 g/mol. The Kier molecular flexibility index (Phi) is 5.34. The van der Waals surface area contributed by atoms with Crippen molar-refractivity contribution in [3.63, 3.8) is 0 Å². The summed E-state index contributed by atoms with van der Waals surface area (Å²) in [6, 6.07) is 11.2. The molecule has 0 aliphatic carbocycles. The van der Waals surface area contributed by atoms with Crippen molar-refractivity contribution in [2.75, 3.05) is 12.4 Å². The van der Waals surface area contributed by atoms with Gasteiger partial charge in [0.05, 0.1) is 9.82 Å². The highest BCUT2D eigenvalue weighted by Gasteiger charge is 2.20. The molecule has 0 saturated carbocycles. The van der Waals surface area contributed by atoms with Gasteiger partial charge in [-0.15, -0.1) is 0 Å². The Bertz CT molecular complexity index is 822. The van der Waals surface area contributed by atoms with Gasteiger partial charge in [0.25, 0.3) is 5.69 Å². The molecule has 2 aromatic carbocycles. The van der Waals surface area contributed by atoms with E-state index in [1.165, 1.54) is 19.2 Å². The van der Waals surface area contributed by atoms with Crippen LogP contribution in [0.15, 0.2) is 51.8 Å². The summed E-state index contributed by atoms with van der Waals surface area (Å²) < 4.78 is 26.5. The van der Waals surface area contributed by atoms with Crippen molar-refractivity contribution in [3.8, 4) is 0 Å². The standard InChI is InChI=1S/C14H14BrN3O4S/c1-16-23(21,22)12-6-7-13(14(8-12)18(19)20)17-9-10-2-4-11(15)5-3-10/h2-8,16-17H,9H2,1H3. The average molecular weight is 400 g/mol. The number of hydrogen-bond acceptors (Lipinski definition) is 5. The van der Waals surface area contributed by atoms with Crippen LogP contribution in [0.25, 0.3) is 0 Å². The van der Waals surface area contributed by atoms with Crippen LogP contribution in [-0.4, -0.2) is 20.4 Å². The fourth-order valence-corrected chi connectivity index (χ4v) is 2.91. The lowest BCUT2D eigenvalue weighted by Crippen LogP contribution is -2.18. The van der Waals surface area contributed by atoms with Crippen molar-refractivity contribution in [1.82, 2.24) is 4.72 Å². The molecule has 23 heavy (non-hydrogen) atoms. The van der Waals surface area contributed by atoms with E-state index in [1.54, 1.807) is 0 Å². The van der Waals surface area contributed by atoms with Gasteiger partial charge in [0.15, 0.2) is 0 Å². The monoisotopic (exact) mass is 399 g/mol. The molecule has 2 rings (SSSR count). The Morgan fingerprint density at radius 2 is 1.83 bits per heavy atom. The van der Waals surface area contributed by atoms with Crippen LogP contribution in [-0.2, 0) is 16.6 Å². The van der Waals surface area contributed by atoms with E-state index in [0.717, 1.165) is 16.1 Å². The summed E-state index contributed by atoms with van der Waals surface area (Å²) in [6.07, 6.45) is 0. The predicted octanol–water partition coefficient (Wildman–Crippen LogP) is 2.88. The summed E-state index contributed by atoms with van der Waals surface area (Å²) in [5.41, 5.74) is 0.904. The van der Waals surface area contributed by atoms with Crippen LogP contribution in [0, 0.1) is 10.1 Å². The van der Waals surface area contributed by atoms with Crippen LogP contribution in [0.4, 0.5) is 11.4 Å². The fraction of sp³-hybridized carbons (Fsp3) is 0.143. The molecule has 0 aliphatic heterocycles. The SMILES string of the molecule is CNS(=O)(=O)c1ccc(NCc2ccc(Br)cc2)c([N+](=O)[O-])c1. The van der Waals surface area contributed by atoms with Crippen molar-refractivity contribution in [3.05, 3.63) is 62.6 Å². The maximum Gasteiger partial charge on any atom is 0.293 e. The molecule has 0 heterocycles.